The van der Waals surface area contributed by atoms with Gasteiger partial charge in [-0.05, 0) is 24.6 Å². The van der Waals surface area contributed by atoms with Crippen molar-refractivity contribution in [3.8, 4) is 0 Å². The first kappa shape index (κ1) is 13.6. The number of nitrogens with two attached hydrogens (primary N) is 1. The third kappa shape index (κ3) is 2.47. The average Bonchev–Trinajstić information content (AvgIpc) is 2.81. The highest BCUT2D eigenvalue weighted by atomic mass is 35.5. The molecule has 0 amide bonds. The van der Waals surface area contributed by atoms with E-state index in [1.54, 1.807) is 13.2 Å². The van der Waals surface area contributed by atoms with Gasteiger partial charge >= 0.3 is 0 Å². The van der Waals surface area contributed by atoms with Crippen LogP contribution in [0.15, 0.2) is 23.1 Å². The molecule has 18 heavy (non-hydrogen) atoms. The van der Waals surface area contributed by atoms with Gasteiger partial charge in [-0.25, -0.2) is 8.42 Å². The molecule has 2 rings (SSSR count). The molecule has 1 aromatic carbocycles. The second-order valence-corrected chi connectivity index (χ2v) is 6.53. The number of hydrogen-bond donors (Lipinski definition) is 1. The number of ether oxygens (including phenoxy) is 1. The first-order chi connectivity index (χ1) is 8.45. The van der Waals surface area contributed by atoms with Gasteiger partial charge in [-0.2, -0.15) is 4.31 Å². The van der Waals surface area contributed by atoms with E-state index in [2.05, 4.69) is 0 Å². The Kier molecular flexibility index (Phi) is 3.82. The molecule has 0 aliphatic carbocycles. The lowest BCUT2D eigenvalue weighted by Crippen LogP contribution is -2.30. The summed E-state index contributed by atoms with van der Waals surface area (Å²) in [6.07, 6.45) is 0.635. The Hall–Kier alpha value is -0.820. The van der Waals surface area contributed by atoms with Gasteiger partial charge in [0.2, 0.25) is 10.0 Å². The van der Waals surface area contributed by atoms with E-state index in [1.807, 2.05) is 0 Å². The van der Waals surface area contributed by atoms with E-state index in [0.29, 0.717) is 24.5 Å². The first-order valence-electron chi connectivity index (χ1n) is 5.53. The summed E-state index contributed by atoms with van der Waals surface area (Å²) in [5.41, 5.74) is 5.92. The summed E-state index contributed by atoms with van der Waals surface area (Å²) in [5.74, 6) is 0. The number of benzene rings is 1. The number of nitrogen functional groups attached to an aromatic ring is 1. The minimum atomic E-state index is -3.59. The fraction of sp³-hybridized carbons (Fsp3) is 0.455. The first-order valence-corrected chi connectivity index (χ1v) is 7.35. The average molecular weight is 291 g/mol. The van der Waals surface area contributed by atoms with Crippen LogP contribution in [-0.2, 0) is 14.8 Å². The van der Waals surface area contributed by atoms with Crippen molar-refractivity contribution >= 4 is 27.3 Å². The van der Waals surface area contributed by atoms with Gasteiger partial charge in [0.15, 0.2) is 0 Å². The Labute approximate surface area is 112 Å². The molecule has 2 N–H and O–H groups in total. The predicted molar refractivity (Wildman–Crippen MR) is 70.0 cm³/mol. The maximum atomic E-state index is 12.4. The Bertz CT molecular complexity index is 547. The van der Waals surface area contributed by atoms with E-state index in [4.69, 9.17) is 22.1 Å². The van der Waals surface area contributed by atoms with Crippen LogP contribution in [0.25, 0.3) is 0 Å². The molecule has 1 aromatic rings. The van der Waals surface area contributed by atoms with Gasteiger partial charge in [0.25, 0.3) is 0 Å². The molecule has 0 bridgehead atoms. The van der Waals surface area contributed by atoms with Gasteiger partial charge in [0, 0.05) is 25.2 Å². The monoisotopic (exact) mass is 290 g/mol. The van der Waals surface area contributed by atoms with E-state index in [1.165, 1.54) is 16.4 Å². The molecule has 1 fully saturated rings. The highest BCUT2D eigenvalue weighted by Crippen LogP contribution is 2.28. The summed E-state index contributed by atoms with van der Waals surface area (Å²) in [6.45, 7) is 0.789. The normalized spacial score (nSPS) is 21.3. The Morgan fingerprint density at radius 2 is 2.22 bits per heavy atom. The van der Waals surface area contributed by atoms with E-state index in [9.17, 15) is 8.42 Å². The van der Waals surface area contributed by atoms with Crippen LogP contribution in [0.3, 0.4) is 0 Å². The number of nitrogens with zero attached hydrogens (tertiary/aromatic N) is 1. The number of hydrogen-bond acceptors (Lipinski definition) is 4. The SMILES string of the molecule is COC1CCN(S(=O)(=O)c2cc(Cl)ccc2N)C1. The molecule has 1 saturated heterocycles. The zero-order valence-corrected chi connectivity index (χ0v) is 11.5. The quantitative estimate of drug-likeness (QED) is 0.853. The number of halogens is 1. The minimum Gasteiger partial charge on any atom is -0.398 e. The molecule has 0 saturated carbocycles. The molecule has 1 atom stereocenters. The van der Waals surface area contributed by atoms with Crippen molar-refractivity contribution in [2.75, 3.05) is 25.9 Å². The van der Waals surface area contributed by atoms with Crippen molar-refractivity contribution in [1.29, 1.82) is 0 Å². The van der Waals surface area contributed by atoms with Gasteiger partial charge in [0.05, 0.1) is 11.8 Å². The van der Waals surface area contributed by atoms with Gasteiger partial charge < -0.3 is 10.5 Å². The van der Waals surface area contributed by atoms with Crippen LogP contribution in [0.4, 0.5) is 5.69 Å². The second-order valence-electron chi connectivity index (χ2n) is 4.19. The van der Waals surface area contributed by atoms with E-state index in [-0.39, 0.29) is 16.7 Å². The number of methoxy groups -OCH3 is 1. The van der Waals surface area contributed by atoms with Crippen LogP contribution in [-0.4, -0.2) is 39.0 Å². The molecule has 1 aliphatic rings. The molecule has 0 aromatic heterocycles. The molecule has 5 nitrogen and oxygen atoms in total. The van der Waals surface area contributed by atoms with Crippen molar-refractivity contribution < 1.29 is 13.2 Å². The van der Waals surface area contributed by atoms with Gasteiger partial charge in [-0.15, -0.1) is 0 Å². The highest BCUT2D eigenvalue weighted by Gasteiger charge is 2.33. The summed E-state index contributed by atoms with van der Waals surface area (Å²) in [7, 11) is -2.01. The molecule has 1 aliphatic heterocycles. The van der Waals surface area contributed by atoms with Crippen LogP contribution in [0.2, 0.25) is 5.02 Å². The largest absolute Gasteiger partial charge is 0.398 e. The number of sulfonamides is 1. The van der Waals surface area contributed by atoms with Gasteiger partial charge in [-0.1, -0.05) is 11.6 Å². The summed E-state index contributed by atoms with van der Waals surface area (Å²) < 4.78 is 31.3. The number of rotatable bonds is 3. The van der Waals surface area contributed by atoms with Crippen molar-refractivity contribution in [1.82, 2.24) is 4.31 Å². The molecule has 1 unspecified atom stereocenters. The Balaban J connectivity index is 2.34. The topological polar surface area (TPSA) is 72.6 Å². The molecule has 0 spiro atoms. The van der Waals surface area contributed by atoms with Crippen LogP contribution in [0, 0.1) is 0 Å². The van der Waals surface area contributed by atoms with Gasteiger partial charge in [0.1, 0.15) is 4.90 Å². The Morgan fingerprint density at radius 1 is 1.50 bits per heavy atom. The highest BCUT2D eigenvalue weighted by molar-refractivity contribution is 7.89. The maximum Gasteiger partial charge on any atom is 0.245 e. The summed E-state index contributed by atoms with van der Waals surface area (Å²) in [4.78, 5) is 0.0618. The smallest absolute Gasteiger partial charge is 0.245 e. The molecule has 7 heteroatoms. The summed E-state index contributed by atoms with van der Waals surface area (Å²) in [5, 5.41) is 0.352. The lowest BCUT2D eigenvalue weighted by molar-refractivity contribution is 0.115. The summed E-state index contributed by atoms with van der Waals surface area (Å²) >= 11 is 5.82. The predicted octanol–water partition coefficient (Wildman–Crippen LogP) is 1.33. The molecule has 100 valence electrons. The van der Waals surface area contributed by atoms with Crippen LogP contribution in [0.1, 0.15) is 6.42 Å². The Morgan fingerprint density at radius 3 is 2.83 bits per heavy atom. The fourth-order valence-corrected chi connectivity index (χ4v) is 3.84. The number of anilines is 1. The van der Waals surface area contributed by atoms with E-state index in [0.717, 1.165) is 0 Å². The van der Waals surface area contributed by atoms with E-state index < -0.39 is 10.0 Å². The van der Waals surface area contributed by atoms with E-state index >= 15 is 0 Å². The van der Waals surface area contributed by atoms with Crippen LogP contribution in [0.5, 0.6) is 0 Å². The third-order valence-electron chi connectivity index (χ3n) is 3.03. The third-order valence-corrected chi connectivity index (χ3v) is 5.19. The fourth-order valence-electron chi connectivity index (χ4n) is 1.98. The van der Waals surface area contributed by atoms with Crippen molar-refractivity contribution in [2.24, 2.45) is 0 Å². The van der Waals surface area contributed by atoms with Gasteiger partial charge in [-0.3, -0.25) is 0 Å². The zero-order valence-electron chi connectivity index (χ0n) is 9.97. The van der Waals surface area contributed by atoms with Crippen molar-refractivity contribution in [3.63, 3.8) is 0 Å². The second kappa shape index (κ2) is 5.05. The standard InChI is InChI=1S/C11H15ClN2O3S/c1-17-9-4-5-14(7-9)18(15,16)11-6-8(12)2-3-10(11)13/h2-3,6,9H,4-5,7,13H2,1H3. The van der Waals surface area contributed by atoms with Crippen LogP contribution < -0.4 is 5.73 Å². The van der Waals surface area contributed by atoms with Crippen molar-refractivity contribution in [3.05, 3.63) is 23.2 Å². The molecular weight excluding hydrogens is 276 g/mol. The van der Waals surface area contributed by atoms with Crippen LogP contribution >= 0.6 is 11.6 Å². The maximum absolute atomic E-state index is 12.4. The lowest BCUT2D eigenvalue weighted by atomic mass is 10.3. The molecule has 1 heterocycles. The lowest BCUT2D eigenvalue weighted by Gasteiger charge is -2.17. The minimum absolute atomic E-state index is 0.0554. The summed E-state index contributed by atoms with van der Waals surface area (Å²) in [6, 6.07) is 4.45. The zero-order chi connectivity index (χ0) is 13.3. The molecular formula is C11H15ClN2O3S. The van der Waals surface area contributed by atoms with Crippen molar-refractivity contribution in [2.45, 2.75) is 17.4 Å². The molecule has 0 radical (unpaired) electrons.